The van der Waals surface area contributed by atoms with Gasteiger partial charge in [-0.05, 0) is 30.7 Å². The van der Waals surface area contributed by atoms with E-state index in [9.17, 15) is 0 Å². The van der Waals surface area contributed by atoms with Gasteiger partial charge in [-0.15, -0.1) is 0 Å². The second-order valence-electron chi connectivity index (χ2n) is 5.04. The zero-order chi connectivity index (χ0) is 15.7. The van der Waals surface area contributed by atoms with Gasteiger partial charge in [-0.2, -0.15) is 0 Å². The van der Waals surface area contributed by atoms with Gasteiger partial charge in [0.05, 0.1) is 24.2 Å². The van der Waals surface area contributed by atoms with Crippen LogP contribution in [0.5, 0.6) is 5.75 Å². The molecule has 0 spiro atoms. The summed E-state index contributed by atoms with van der Waals surface area (Å²) in [6, 6.07) is 9.73. The monoisotopic (exact) mass is 312 g/mol. The Kier molecular flexibility index (Phi) is 3.77. The molecule has 0 amide bonds. The Balaban J connectivity index is 2.29. The van der Waals surface area contributed by atoms with E-state index in [1.54, 1.807) is 7.11 Å². The smallest absolute Gasteiger partial charge is 0.160 e. The van der Waals surface area contributed by atoms with Gasteiger partial charge in [-0.25, -0.2) is 9.97 Å². The summed E-state index contributed by atoms with van der Waals surface area (Å²) in [5, 5.41) is 0. The SMILES string of the molecule is COc1ccccc1-c1nc2cc(C)cnc2n1CC(N)=S. The predicted molar refractivity (Wildman–Crippen MR) is 91.0 cm³/mol. The van der Waals surface area contributed by atoms with Crippen LogP contribution >= 0.6 is 12.2 Å². The molecule has 22 heavy (non-hydrogen) atoms. The summed E-state index contributed by atoms with van der Waals surface area (Å²) in [5.41, 5.74) is 9.27. The summed E-state index contributed by atoms with van der Waals surface area (Å²) >= 11 is 5.07. The molecular weight excluding hydrogens is 296 g/mol. The molecule has 112 valence electrons. The molecule has 0 aliphatic rings. The van der Waals surface area contributed by atoms with Crippen LogP contribution in [0.15, 0.2) is 36.5 Å². The van der Waals surface area contributed by atoms with E-state index in [4.69, 9.17) is 27.7 Å². The standard InChI is InChI=1S/C16H16N4OS/c1-10-7-12-16(18-8-10)20(9-14(17)22)15(19-12)11-5-3-4-6-13(11)21-2/h3-8H,9H2,1-2H3,(H2,17,22). The van der Waals surface area contributed by atoms with Crippen LogP contribution in [-0.2, 0) is 6.54 Å². The van der Waals surface area contributed by atoms with Crippen molar-refractivity contribution in [1.29, 1.82) is 0 Å². The van der Waals surface area contributed by atoms with E-state index >= 15 is 0 Å². The first-order chi connectivity index (χ1) is 10.6. The van der Waals surface area contributed by atoms with Gasteiger partial charge in [0.25, 0.3) is 0 Å². The first-order valence-corrected chi connectivity index (χ1v) is 7.25. The Bertz CT molecular complexity index is 856. The summed E-state index contributed by atoms with van der Waals surface area (Å²) in [6.45, 7) is 2.37. The van der Waals surface area contributed by atoms with Crippen molar-refractivity contribution in [3.63, 3.8) is 0 Å². The van der Waals surface area contributed by atoms with Crippen LogP contribution < -0.4 is 10.5 Å². The zero-order valence-electron chi connectivity index (χ0n) is 12.4. The van der Waals surface area contributed by atoms with Crippen molar-refractivity contribution in [1.82, 2.24) is 14.5 Å². The van der Waals surface area contributed by atoms with Crippen LogP contribution in [0.1, 0.15) is 5.56 Å². The molecule has 0 saturated heterocycles. The normalized spacial score (nSPS) is 10.8. The highest BCUT2D eigenvalue weighted by Crippen LogP contribution is 2.31. The average Bonchev–Trinajstić information content (AvgIpc) is 2.84. The minimum atomic E-state index is 0.384. The molecular formula is C16H16N4OS. The number of benzene rings is 1. The third-order valence-corrected chi connectivity index (χ3v) is 3.51. The summed E-state index contributed by atoms with van der Waals surface area (Å²) < 4.78 is 7.37. The number of thiocarbonyl (C=S) groups is 1. The van der Waals surface area contributed by atoms with Gasteiger partial charge < -0.3 is 15.0 Å². The third kappa shape index (κ3) is 2.53. The highest BCUT2D eigenvalue weighted by molar-refractivity contribution is 7.80. The number of hydrogen-bond donors (Lipinski definition) is 1. The lowest BCUT2D eigenvalue weighted by molar-refractivity contribution is 0.416. The number of pyridine rings is 1. The minimum absolute atomic E-state index is 0.384. The molecule has 0 unspecified atom stereocenters. The number of hydrogen-bond acceptors (Lipinski definition) is 4. The Morgan fingerprint density at radius 3 is 2.86 bits per heavy atom. The number of rotatable bonds is 4. The Hall–Kier alpha value is -2.47. The van der Waals surface area contributed by atoms with Crippen LogP contribution in [0.3, 0.4) is 0 Å². The number of nitrogens with zero attached hydrogens (tertiary/aromatic N) is 3. The number of aromatic nitrogens is 3. The molecule has 0 atom stereocenters. The van der Waals surface area contributed by atoms with E-state index in [-0.39, 0.29) is 0 Å². The van der Waals surface area contributed by atoms with Gasteiger partial charge in [-0.3, -0.25) is 0 Å². The van der Waals surface area contributed by atoms with Crippen molar-refractivity contribution in [3.8, 4) is 17.1 Å². The molecule has 2 aromatic heterocycles. The van der Waals surface area contributed by atoms with Gasteiger partial charge in [0, 0.05) is 6.20 Å². The fourth-order valence-electron chi connectivity index (χ4n) is 2.45. The lowest BCUT2D eigenvalue weighted by Gasteiger charge is -2.10. The molecule has 0 aliphatic carbocycles. The molecule has 2 N–H and O–H groups in total. The fourth-order valence-corrected chi connectivity index (χ4v) is 2.58. The van der Waals surface area contributed by atoms with Crippen molar-refractivity contribution in [3.05, 3.63) is 42.1 Å². The molecule has 0 fully saturated rings. The van der Waals surface area contributed by atoms with Crippen molar-refractivity contribution in [2.75, 3.05) is 7.11 Å². The van der Waals surface area contributed by atoms with Gasteiger partial charge in [0.2, 0.25) is 0 Å². The molecule has 5 nitrogen and oxygen atoms in total. The number of aryl methyl sites for hydroxylation is 1. The van der Waals surface area contributed by atoms with Crippen LogP contribution in [0.2, 0.25) is 0 Å². The number of imidazole rings is 1. The summed E-state index contributed by atoms with van der Waals surface area (Å²) in [6.07, 6.45) is 1.81. The van der Waals surface area contributed by atoms with Crippen molar-refractivity contribution in [2.45, 2.75) is 13.5 Å². The lowest BCUT2D eigenvalue weighted by Crippen LogP contribution is -2.17. The van der Waals surface area contributed by atoms with E-state index in [0.717, 1.165) is 33.9 Å². The Morgan fingerprint density at radius 2 is 2.14 bits per heavy atom. The Labute approximate surface area is 133 Å². The first-order valence-electron chi connectivity index (χ1n) is 6.84. The molecule has 1 aromatic carbocycles. The van der Waals surface area contributed by atoms with Crippen molar-refractivity contribution in [2.24, 2.45) is 5.73 Å². The number of ether oxygens (including phenoxy) is 1. The van der Waals surface area contributed by atoms with Gasteiger partial charge in [-0.1, -0.05) is 24.4 Å². The first kappa shape index (κ1) is 14.5. The van der Waals surface area contributed by atoms with Gasteiger partial charge in [0.1, 0.15) is 17.1 Å². The molecule has 3 rings (SSSR count). The average molecular weight is 312 g/mol. The largest absolute Gasteiger partial charge is 0.496 e. The second kappa shape index (κ2) is 5.73. The quantitative estimate of drug-likeness (QED) is 0.750. The maximum absolute atomic E-state index is 5.75. The van der Waals surface area contributed by atoms with Crippen LogP contribution in [-0.4, -0.2) is 26.6 Å². The Morgan fingerprint density at radius 1 is 1.36 bits per heavy atom. The summed E-state index contributed by atoms with van der Waals surface area (Å²) in [5.74, 6) is 1.50. The molecule has 0 aliphatic heterocycles. The molecule has 0 bridgehead atoms. The van der Waals surface area contributed by atoms with E-state index in [1.807, 2.05) is 48.0 Å². The second-order valence-corrected chi connectivity index (χ2v) is 5.57. The van der Waals surface area contributed by atoms with Crippen LogP contribution in [0.4, 0.5) is 0 Å². The molecule has 3 aromatic rings. The highest BCUT2D eigenvalue weighted by Gasteiger charge is 2.17. The molecule has 2 heterocycles. The number of fused-ring (bicyclic) bond motifs is 1. The molecule has 0 saturated carbocycles. The van der Waals surface area contributed by atoms with Crippen LogP contribution in [0, 0.1) is 6.92 Å². The van der Waals surface area contributed by atoms with E-state index < -0.39 is 0 Å². The lowest BCUT2D eigenvalue weighted by atomic mass is 10.2. The fraction of sp³-hybridized carbons (Fsp3) is 0.188. The summed E-state index contributed by atoms with van der Waals surface area (Å²) in [4.78, 5) is 9.58. The highest BCUT2D eigenvalue weighted by atomic mass is 32.1. The van der Waals surface area contributed by atoms with Gasteiger partial charge in [0.15, 0.2) is 5.65 Å². The summed E-state index contributed by atoms with van der Waals surface area (Å²) in [7, 11) is 1.64. The topological polar surface area (TPSA) is 66.0 Å². The number of nitrogens with two attached hydrogens (primary N) is 1. The van der Waals surface area contributed by atoms with E-state index in [0.29, 0.717) is 11.5 Å². The molecule has 0 radical (unpaired) electrons. The van der Waals surface area contributed by atoms with E-state index in [2.05, 4.69) is 4.98 Å². The number of para-hydroxylation sites is 1. The van der Waals surface area contributed by atoms with Crippen LogP contribution in [0.25, 0.3) is 22.6 Å². The van der Waals surface area contributed by atoms with E-state index in [1.165, 1.54) is 0 Å². The maximum atomic E-state index is 5.75. The number of methoxy groups -OCH3 is 1. The third-order valence-electron chi connectivity index (χ3n) is 3.38. The van der Waals surface area contributed by atoms with Gasteiger partial charge >= 0.3 is 0 Å². The maximum Gasteiger partial charge on any atom is 0.160 e. The van der Waals surface area contributed by atoms with Crippen molar-refractivity contribution >= 4 is 28.4 Å². The minimum Gasteiger partial charge on any atom is -0.496 e. The molecule has 6 heteroatoms. The zero-order valence-corrected chi connectivity index (χ0v) is 13.2. The van der Waals surface area contributed by atoms with Crippen molar-refractivity contribution < 1.29 is 4.74 Å². The predicted octanol–water partition coefficient (Wildman–Crippen LogP) is 2.70.